The normalized spacial score (nSPS) is 12.5. The van der Waals surface area contributed by atoms with E-state index in [0.29, 0.717) is 11.3 Å². The van der Waals surface area contributed by atoms with Crippen LogP contribution in [0.1, 0.15) is 45.5 Å². The van der Waals surface area contributed by atoms with E-state index in [-0.39, 0.29) is 35.8 Å². The maximum Gasteiger partial charge on any atom is 0.511 e. The number of hydrogen-bond donors (Lipinski definition) is 3. The number of carbonyl (C=O) groups excluding carboxylic acids is 2. The van der Waals surface area contributed by atoms with E-state index in [2.05, 4.69) is 5.32 Å². The van der Waals surface area contributed by atoms with Gasteiger partial charge in [0, 0.05) is 29.7 Å². The van der Waals surface area contributed by atoms with Gasteiger partial charge >= 0.3 is 12.2 Å². The van der Waals surface area contributed by atoms with Gasteiger partial charge in [-0.25, -0.2) is 9.59 Å². The summed E-state index contributed by atoms with van der Waals surface area (Å²) in [7, 11) is 0. The van der Waals surface area contributed by atoms with Crippen molar-refractivity contribution in [3.8, 4) is 16.9 Å². The van der Waals surface area contributed by atoms with E-state index >= 15 is 0 Å². The minimum atomic E-state index is -1.66. The highest BCUT2D eigenvalue weighted by molar-refractivity contribution is 6.06. The topological polar surface area (TPSA) is 171 Å². The summed E-state index contributed by atoms with van der Waals surface area (Å²) in [6.07, 6.45) is -2.62. The number of amides is 1. The van der Waals surface area contributed by atoms with Gasteiger partial charge in [-0.3, -0.25) is 14.9 Å². The molecule has 1 unspecified atom stereocenters. The second-order valence-corrected chi connectivity index (χ2v) is 10.0. The van der Waals surface area contributed by atoms with Crippen molar-refractivity contribution in [3.63, 3.8) is 0 Å². The van der Waals surface area contributed by atoms with Crippen LogP contribution in [0.25, 0.3) is 11.1 Å². The number of ketones is 1. The number of Topliss-reactive ketones (excluding diaryl/α,β-unsaturated/α-hetero) is 1. The van der Waals surface area contributed by atoms with Crippen molar-refractivity contribution in [1.29, 1.82) is 0 Å². The standard InChI is InChI=1S/C32H27N3O8/c1-18(34-31(37)42-17-26-23-8-4-2-6-21(23)22-7-3-5-9-24(22)26)30(36)29-25(16-19-10-12-20(33)13-11-19)28(43-32(38)39)15-14-27(29)35(40)41/h2-15,18,26H,16-17,33H2,1H3,(H,34,37)(H,38,39). The number of nitrogen functional groups attached to an aromatic ring is 1. The fraction of sp³-hybridized carbons (Fsp3) is 0.156. The Bertz CT molecular complexity index is 1690. The molecule has 0 saturated carbocycles. The van der Waals surface area contributed by atoms with Crippen LogP contribution in [0.4, 0.5) is 21.0 Å². The molecule has 0 saturated heterocycles. The smallest absolute Gasteiger partial charge is 0.449 e. The maximum absolute atomic E-state index is 13.7. The Labute approximate surface area is 246 Å². The lowest BCUT2D eigenvalue weighted by molar-refractivity contribution is -0.385. The molecule has 0 spiro atoms. The third-order valence-electron chi connectivity index (χ3n) is 7.32. The number of nitrogens with two attached hydrogens (primary N) is 1. The van der Waals surface area contributed by atoms with E-state index in [0.717, 1.165) is 34.4 Å². The second-order valence-electron chi connectivity index (χ2n) is 10.0. The predicted molar refractivity (Wildman–Crippen MR) is 157 cm³/mol. The van der Waals surface area contributed by atoms with Crippen molar-refractivity contribution in [2.75, 3.05) is 12.3 Å². The van der Waals surface area contributed by atoms with Gasteiger partial charge in [0.05, 0.1) is 11.0 Å². The summed E-state index contributed by atoms with van der Waals surface area (Å²) in [4.78, 5) is 49.2. The Morgan fingerprint density at radius 2 is 1.56 bits per heavy atom. The number of benzene rings is 4. The minimum absolute atomic E-state index is 0.00520. The minimum Gasteiger partial charge on any atom is -0.449 e. The molecule has 1 amide bonds. The van der Waals surface area contributed by atoms with Gasteiger partial charge in [-0.05, 0) is 52.9 Å². The number of carbonyl (C=O) groups is 3. The summed E-state index contributed by atoms with van der Waals surface area (Å²) in [6.45, 7) is 1.37. The molecule has 4 aromatic carbocycles. The summed E-state index contributed by atoms with van der Waals surface area (Å²) >= 11 is 0. The Morgan fingerprint density at radius 3 is 2.14 bits per heavy atom. The van der Waals surface area contributed by atoms with E-state index in [9.17, 15) is 29.6 Å². The predicted octanol–water partition coefficient (Wildman–Crippen LogP) is 5.93. The summed E-state index contributed by atoms with van der Waals surface area (Å²) in [5, 5.41) is 23.7. The zero-order valence-corrected chi connectivity index (χ0v) is 23.0. The first-order valence-electron chi connectivity index (χ1n) is 13.3. The van der Waals surface area contributed by atoms with Gasteiger partial charge < -0.3 is 25.6 Å². The molecule has 1 aliphatic rings. The zero-order valence-electron chi connectivity index (χ0n) is 23.0. The van der Waals surface area contributed by atoms with E-state index in [4.69, 9.17) is 15.2 Å². The number of nitrogens with one attached hydrogen (secondary N) is 1. The molecule has 4 aromatic rings. The van der Waals surface area contributed by atoms with Crippen LogP contribution in [-0.2, 0) is 11.2 Å². The lowest BCUT2D eigenvalue weighted by Gasteiger charge is -2.19. The number of hydrogen-bond acceptors (Lipinski definition) is 8. The van der Waals surface area contributed by atoms with Gasteiger partial charge in [0.25, 0.3) is 5.69 Å². The molecule has 4 N–H and O–H groups in total. The molecule has 5 rings (SSSR count). The molecule has 0 bridgehead atoms. The van der Waals surface area contributed by atoms with Gasteiger partial charge in [0.2, 0.25) is 0 Å². The molecule has 0 fully saturated rings. The van der Waals surface area contributed by atoms with Crippen molar-refractivity contribution in [3.05, 3.63) is 123 Å². The number of nitro groups is 1. The molecule has 0 aliphatic heterocycles. The quantitative estimate of drug-likeness (QED) is 0.0541. The van der Waals surface area contributed by atoms with E-state index in [1.807, 2.05) is 48.5 Å². The van der Waals surface area contributed by atoms with Gasteiger partial charge in [0.1, 0.15) is 17.9 Å². The first-order valence-corrected chi connectivity index (χ1v) is 13.3. The number of nitro benzene ring substituents is 1. The van der Waals surface area contributed by atoms with Gasteiger partial charge in [-0.1, -0.05) is 60.7 Å². The van der Waals surface area contributed by atoms with Crippen LogP contribution in [0.2, 0.25) is 0 Å². The fourth-order valence-corrected chi connectivity index (χ4v) is 5.35. The molecule has 43 heavy (non-hydrogen) atoms. The lowest BCUT2D eigenvalue weighted by atomic mass is 9.92. The SMILES string of the molecule is CC(NC(=O)OCC1c2ccccc2-c2ccccc21)C(=O)c1c([N+](=O)[O-])ccc(OC(=O)O)c1Cc1ccc(N)cc1. The van der Waals surface area contributed by atoms with Crippen molar-refractivity contribution in [1.82, 2.24) is 5.32 Å². The monoisotopic (exact) mass is 581 g/mol. The third kappa shape index (κ3) is 6.01. The molecule has 11 heteroatoms. The van der Waals surface area contributed by atoms with Crippen molar-refractivity contribution >= 4 is 29.4 Å². The van der Waals surface area contributed by atoms with Gasteiger partial charge in [-0.15, -0.1) is 0 Å². The first kappa shape index (κ1) is 28.8. The highest BCUT2D eigenvalue weighted by Crippen LogP contribution is 2.44. The summed E-state index contributed by atoms with van der Waals surface area (Å²) in [6, 6.07) is 23.0. The number of anilines is 1. The number of fused-ring (bicyclic) bond motifs is 3. The van der Waals surface area contributed by atoms with E-state index < -0.39 is 34.7 Å². The number of ether oxygens (including phenoxy) is 2. The van der Waals surface area contributed by atoms with Crippen LogP contribution >= 0.6 is 0 Å². The van der Waals surface area contributed by atoms with Crippen LogP contribution in [0.15, 0.2) is 84.9 Å². The third-order valence-corrected chi connectivity index (χ3v) is 7.32. The molecule has 0 heterocycles. The Kier molecular flexibility index (Phi) is 8.06. The highest BCUT2D eigenvalue weighted by Gasteiger charge is 2.33. The van der Waals surface area contributed by atoms with Crippen LogP contribution in [-0.4, -0.2) is 40.7 Å². The highest BCUT2D eigenvalue weighted by atomic mass is 16.7. The van der Waals surface area contributed by atoms with Gasteiger partial charge in [0.15, 0.2) is 5.78 Å². The Balaban J connectivity index is 1.39. The first-order chi connectivity index (χ1) is 20.6. The van der Waals surface area contributed by atoms with Crippen LogP contribution < -0.4 is 15.8 Å². The number of carboxylic acid groups (broad SMARTS) is 1. The lowest BCUT2D eigenvalue weighted by Crippen LogP contribution is -2.40. The van der Waals surface area contributed by atoms with Crippen molar-refractivity contribution in [2.45, 2.75) is 25.3 Å². The largest absolute Gasteiger partial charge is 0.511 e. The maximum atomic E-state index is 13.7. The summed E-state index contributed by atoms with van der Waals surface area (Å²) < 4.78 is 10.4. The average molecular weight is 582 g/mol. The molecule has 0 radical (unpaired) electrons. The molecular formula is C32H27N3O8. The average Bonchev–Trinajstić information content (AvgIpc) is 3.30. The fourth-order valence-electron chi connectivity index (χ4n) is 5.35. The van der Waals surface area contributed by atoms with Crippen LogP contribution in [0, 0.1) is 10.1 Å². The van der Waals surface area contributed by atoms with Crippen LogP contribution in [0.3, 0.4) is 0 Å². The summed E-state index contributed by atoms with van der Waals surface area (Å²) in [5.41, 5.74) is 10.00. The molecule has 1 atom stereocenters. The Hall–Kier alpha value is -5.71. The summed E-state index contributed by atoms with van der Waals surface area (Å²) in [5.74, 6) is -1.27. The molecule has 218 valence electrons. The zero-order chi connectivity index (χ0) is 30.7. The van der Waals surface area contributed by atoms with Gasteiger partial charge in [-0.2, -0.15) is 0 Å². The van der Waals surface area contributed by atoms with Crippen LogP contribution in [0.5, 0.6) is 5.75 Å². The van der Waals surface area contributed by atoms with Crippen molar-refractivity contribution < 1.29 is 33.9 Å². The number of nitrogens with zero attached hydrogens (tertiary/aromatic N) is 1. The van der Waals surface area contributed by atoms with Crippen molar-refractivity contribution in [2.24, 2.45) is 0 Å². The molecule has 11 nitrogen and oxygen atoms in total. The molecule has 0 aromatic heterocycles. The van der Waals surface area contributed by atoms with E-state index in [1.165, 1.54) is 6.92 Å². The number of rotatable bonds is 9. The molecular weight excluding hydrogens is 554 g/mol. The number of alkyl carbamates (subject to hydrolysis) is 1. The Morgan fingerprint density at radius 1 is 0.953 bits per heavy atom. The molecule has 1 aliphatic carbocycles. The second kappa shape index (κ2) is 12.0. The van der Waals surface area contributed by atoms with E-state index in [1.54, 1.807) is 24.3 Å².